The molecule has 2 saturated heterocycles. The van der Waals surface area contributed by atoms with E-state index in [1.165, 1.54) is 12.8 Å². The zero-order chi connectivity index (χ0) is 21.9. The second-order valence-electron chi connectivity index (χ2n) is 9.14. The summed E-state index contributed by atoms with van der Waals surface area (Å²) in [6, 6.07) is 2.13. The lowest BCUT2D eigenvalue weighted by Crippen LogP contribution is -2.33. The van der Waals surface area contributed by atoms with Crippen molar-refractivity contribution in [3.63, 3.8) is 0 Å². The average molecular weight is 440 g/mol. The van der Waals surface area contributed by atoms with Gasteiger partial charge in [-0.3, -0.25) is 4.90 Å². The van der Waals surface area contributed by atoms with E-state index >= 15 is 0 Å². The number of nitrogens with zero attached hydrogens (tertiary/aromatic N) is 5. The zero-order valence-corrected chi connectivity index (χ0v) is 19.1. The highest BCUT2D eigenvalue weighted by atomic mass is 16.5. The van der Waals surface area contributed by atoms with E-state index in [9.17, 15) is 0 Å². The molecule has 0 radical (unpaired) electrons. The van der Waals surface area contributed by atoms with Crippen molar-refractivity contribution in [2.75, 3.05) is 51.4 Å². The molecule has 3 aliphatic heterocycles. The Morgan fingerprint density at radius 1 is 1.09 bits per heavy atom. The van der Waals surface area contributed by atoms with Crippen LogP contribution >= 0.6 is 0 Å². The summed E-state index contributed by atoms with van der Waals surface area (Å²) in [7, 11) is 1.65. The molecule has 8 nitrogen and oxygen atoms in total. The molecule has 0 bridgehead atoms. The maximum Gasteiger partial charge on any atom is 0.222 e. The minimum atomic E-state index is 0.189. The summed E-state index contributed by atoms with van der Waals surface area (Å²) in [5.74, 6) is 2.17. The van der Waals surface area contributed by atoms with Crippen molar-refractivity contribution in [1.29, 1.82) is 0 Å². The number of rotatable bonds is 6. The largest absolute Gasteiger partial charge is 0.481 e. The molecule has 0 saturated carbocycles. The van der Waals surface area contributed by atoms with E-state index in [0.29, 0.717) is 5.88 Å². The van der Waals surface area contributed by atoms with E-state index in [1.54, 1.807) is 13.4 Å². The first-order chi connectivity index (χ1) is 15.7. The summed E-state index contributed by atoms with van der Waals surface area (Å²) in [5.41, 5.74) is 4.33. The van der Waals surface area contributed by atoms with Gasteiger partial charge in [0.1, 0.15) is 12.4 Å². The molecule has 32 heavy (non-hydrogen) atoms. The molecule has 0 unspecified atom stereocenters. The Hall–Kier alpha value is -2.45. The Kier molecular flexibility index (Phi) is 6.41. The second-order valence-corrected chi connectivity index (χ2v) is 9.14. The van der Waals surface area contributed by atoms with Crippen LogP contribution in [0.25, 0.3) is 0 Å². The number of fused-ring (bicyclic) bond motifs is 1. The first-order valence-electron chi connectivity index (χ1n) is 11.7. The Morgan fingerprint density at radius 2 is 1.97 bits per heavy atom. The molecule has 0 aliphatic carbocycles. The first kappa shape index (κ1) is 21.4. The molecule has 5 rings (SSSR count). The van der Waals surface area contributed by atoms with Crippen molar-refractivity contribution in [2.24, 2.45) is 5.92 Å². The molecule has 8 heteroatoms. The lowest BCUT2D eigenvalue weighted by Gasteiger charge is -2.31. The molecule has 0 spiro atoms. The fourth-order valence-corrected chi connectivity index (χ4v) is 5.08. The number of pyridine rings is 1. The highest BCUT2D eigenvalue weighted by Crippen LogP contribution is 2.31. The smallest absolute Gasteiger partial charge is 0.222 e. The monoisotopic (exact) mass is 439 g/mol. The molecule has 0 amide bonds. The molecule has 2 aromatic heterocycles. The van der Waals surface area contributed by atoms with Gasteiger partial charge in [0.15, 0.2) is 0 Å². The lowest BCUT2D eigenvalue weighted by molar-refractivity contribution is 0.0541. The van der Waals surface area contributed by atoms with Crippen molar-refractivity contribution in [3.8, 4) is 11.8 Å². The maximum absolute atomic E-state index is 6.46. The van der Waals surface area contributed by atoms with Gasteiger partial charge in [-0.2, -0.15) is 0 Å². The van der Waals surface area contributed by atoms with Crippen molar-refractivity contribution in [3.05, 3.63) is 35.4 Å². The molecule has 0 aromatic carbocycles. The van der Waals surface area contributed by atoms with Crippen LogP contribution in [0.1, 0.15) is 36.1 Å². The van der Waals surface area contributed by atoms with Gasteiger partial charge in [-0.25, -0.2) is 15.0 Å². The van der Waals surface area contributed by atoms with Crippen LogP contribution < -0.4 is 14.4 Å². The van der Waals surface area contributed by atoms with Gasteiger partial charge in [-0.05, 0) is 38.2 Å². The van der Waals surface area contributed by atoms with Gasteiger partial charge < -0.3 is 19.1 Å². The average Bonchev–Trinajstić information content (AvgIpc) is 3.26. The quantitative estimate of drug-likeness (QED) is 0.680. The van der Waals surface area contributed by atoms with Crippen LogP contribution in [0.3, 0.4) is 0 Å². The normalized spacial score (nSPS) is 22.1. The summed E-state index contributed by atoms with van der Waals surface area (Å²) < 4.78 is 17.3. The Morgan fingerprint density at radius 3 is 2.78 bits per heavy atom. The van der Waals surface area contributed by atoms with Gasteiger partial charge in [-0.1, -0.05) is 0 Å². The Bertz CT molecular complexity index is 934. The van der Waals surface area contributed by atoms with Crippen LogP contribution in [0.4, 0.5) is 5.69 Å². The predicted octanol–water partition coefficient (Wildman–Crippen LogP) is 2.63. The summed E-state index contributed by atoms with van der Waals surface area (Å²) >= 11 is 0. The third-order valence-corrected chi connectivity index (χ3v) is 6.90. The van der Waals surface area contributed by atoms with Crippen molar-refractivity contribution >= 4 is 5.69 Å². The number of anilines is 1. The predicted molar refractivity (Wildman–Crippen MR) is 121 cm³/mol. The van der Waals surface area contributed by atoms with Gasteiger partial charge in [0.2, 0.25) is 11.8 Å². The number of hydrogen-bond acceptors (Lipinski definition) is 8. The molecule has 2 aromatic rings. The molecule has 172 valence electrons. The van der Waals surface area contributed by atoms with Crippen LogP contribution in [0.2, 0.25) is 0 Å². The SMILES string of the molecule is COc1ncc(N2CCc3ncnc(O[C@H]4CCN(CC5CCOCC5)C4)c3C2)cc1C. The van der Waals surface area contributed by atoms with Crippen LogP contribution in [0.5, 0.6) is 11.8 Å². The van der Waals surface area contributed by atoms with E-state index in [2.05, 4.69) is 30.8 Å². The summed E-state index contributed by atoms with van der Waals surface area (Å²) in [6.45, 7) is 8.70. The molecule has 3 aliphatic rings. The molecular weight excluding hydrogens is 406 g/mol. The number of ether oxygens (including phenoxy) is 3. The van der Waals surface area contributed by atoms with E-state index in [-0.39, 0.29) is 6.10 Å². The topological polar surface area (TPSA) is 72.8 Å². The van der Waals surface area contributed by atoms with Crippen LogP contribution in [-0.4, -0.2) is 72.5 Å². The summed E-state index contributed by atoms with van der Waals surface area (Å²) in [4.78, 5) is 18.4. The summed E-state index contributed by atoms with van der Waals surface area (Å²) in [5, 5.41) is 0. The van der Waals surface area contributed by atoms with Crippen LogP contribution in [0, 0.1) is 12.8 Å². The van der Waals surface area contributed by atoms with Crippen LogP contribution in [-0.2, 0) is 17.7 Å². The molecule has 5 heterocycles. The number of aromatic nitrogens is 3. The van der Waals surface area contributed by atoms with E-state index < -0.39 is 0 Å². The molecular formula is C24H33N5O3. The van der Waals surface area contributed by atoms with E-state index in [0.717, 1.165) is 93.1 Å². The lowest BCUT2D eigenvalue weighted by atomic mass is 10.00. The van der Waals surface area contributed by atoms with Crippen LogP contribution in [0.15, 0.2) is 18.6 Å². The van der Waals surface area contributed by atoms with Gasteiger partial charge >= 0.3 is 0 Å². The third kappa shape index (κ3) is 4.66. The van der Waals surface area contributed by atoms with Gasteiger partial charge in [0, 0.05) is 51.4 Å². The first-order valence-corrected chi connectivity index (χ1v) is 11.7. The van der Waals surface area contributed by atoms with Gasteiger partial charge in [0.25, 0.3) is 0 Å². The highest BCUT2D eigenvalue weighted by Gasteiger charge is 2.29. The summed E-state index contributed by atoms with van der Waals surface area (Å²) in [6.07, 6.45) is 8.00. The Labute approximate surface area is 189 Å². The standard InChI is InChI=1S/C24H33N5O3/c1-17-11-19(12-25-23(17)30-2)29-8-4-22-21(15-29)24(27-16-26-22)32-20-3-7-28(14-20)13-18-5-9-31-10-6-18/h11-12,16,18,20H,3-10,13-15H2,1-2H3/t20-/m0/s1. The number of hydrogen-bond donors (Lipinski definition) is 0. The third-order valence-electron chi connectivity index (χ3n) is 6.90. The minimum Gasteiger partial charge on any atom is -0.481 e. The van der Waals surface area contributed by atoms with Crippen molar-refractivity contribution < 1.29 is 14.2 Å². The van der Waals surface area contributed by atoms with Gasteiger partial charge in [-0.15, -0.1) is 0 Å². The second kappa shape index (κ2) is 9.58. The van der Waals surface area contributed by atoms with Crippen molar-refractivity contribution in [2.45, 2.75) is 45.3 Å². The van der Waals surface area contributed by atoms with Crippen molar-refractivity contribution in [1.82, 2.24) is 19.9 Å². The van der Waals surface area contributed by atoms with Gasteiger partial charge in [0.05, 0.1) is 36.8 Å². The van der Waals surface area contributed by atoms with E-state index in [1.807, 2.05) is 13.1 Å². The van der Waals surface area contributed by atoms with E-state index in [4.69, 9.17) is 14.2 Å². The fourth-order valence-electron chi connectivity index (χ4n) is 5.08. The number of methoxy groups -OCH3 is 1. The zero-order valence-electron chi connectivity index (χ0n) is 19.1. The molecule has 1 atom stereocenters. The molecule has 0 N–H and O–H groups in total. The maximum atomic E-state index is 6.46. The highest BCUT2D eigenvalue weighted by molar-refractivity contribution is 5.52. The number of aryl methyl sites for hydroxylation is 1. The Balaban J connectivity index is 1.25. The fraction of sp³-hybridized carbons (Fsp3) is 0.625. The molecule has 2 fully saturated rings. The minimum absolute atomic E-state index is 0.189. The number of likely N-dealkylation sites (tertiary alicyclic amines) is 1.